The smallest absolute Gasteiger partial charge is 0.329 e. The van der Waals surface area contributed by atoms with Crippen LogP contribution in [0.1, 0.15) is 126 Å². The van der Waals surface area contributed by atoms with Crippen LogP contribution in [0.15, 0.2) is 47.6 Å². The fourth-order valence-electron chi connectivity index (χ4n) is 10.1. The SMILES string of the molecule is CO[C@H]1C[C@@H](O)CC[C@@H](C)C(=O)C(=O)C(=O)N2CCCC[C@H]2C(=O)O[C@H]([C@H](C)C[C@@H]2CC[C@@H](OCCOCCO)[C@H](OC)C2)CC(=O)[C@H](C)/C=C(\C)[C@@H](O)[C@@H](OC)C(=O)[C@H](C)C[C@H](C)/C=C/C=C/C=C/1C. The van der Waals surface area contributed by atoms with Crippen molar-refractivity contribution < 1.29 is 72.5 Å². The van der Waals surface area contributed by atoms with Gasteiger partial charge in [0.1, 0.15) is 30.1 Å². The number of nitrogens with zero attached hydrogens (tertiary/aromatic N) is 1. The summed E-state index contributed by atoms with van der Waals surface area (Å²) in [4.78, 5) is 84.4. The molecule has 3 aliphatic rings. The van der Waals surface area contributed by atoms with Crippen LogP contribution in [0, 0.1) is 35.5 Å². The van der Waals surface area contributed by atoms with Crippen molar-refractivity contribution in [3.8, 4) is 0 Å². The van der Waals surface area contributed by atoms with Gasteiger partial charge in [-0.3, -0.25) is 24.0 Å². The lowest BCUT2D eigenvalue weighted by Crippen LogP contribution is -2.53. The Morgan fingerprint density at radius 2 is 1.51 bits per heavy atom. The third-order valence-electron chi connectivity index (χ3n) is 14.6. The number of aliphatic hydroxyl groups is 3. The first kappa shape index (κ1) is 61.6. The molecule has 2 aliphatic heterocycles. The van der Waals surface area contributed by atoms with E-state index in [1.54, 1.807) is 48.0 Å². The zero-order valence-electron chi connectivity index (χ0n) is 44.3. The number of Topliss-reactive ketones (excluding diaryl/α,β-unsaturated/α-hetero) is 4. The van der Waals surface area contributed by atoms with Gasteiger partial charge in [-0.2, -0.15) is 0 Å². The van der Waals surface area contributed by atoms with E-state index < -0.39 is 77.8 Å². The number of cyclic esters (lactones) is 1. The molecule has 0 radical (unpaired) electrons. The van der Waals surface area contributed by atoms with Crippen LogP contribution in [0.25, 0.3) is 0 Å². The summed E-state index contributed by atoms with van der Waals surface area (Å²) in [5, 5.41) is 31.5. The van der Waals surface area contributed by atoms with Crippen molar-refractivity contribution in [2.24, 2.45) is 35.5 Å². The lowest BCUT2D eigenvalue weighted by atomic mass is 9.78. The number of piperidine rings is 1. The summed E-state index contributed by atoms with van der Waals surface area (Å²) < 4.78 is 34.8. The first-order valence-corrected chi connectivity index (χ1v) is 25.9. The van der Waals surface area contributed by atoms with E-state index in [0.717, 1.165) is 16.9 Å². The van der Waals surface area contributed by atoms with Crippen molar-refractivity contribution in [2.75, 3.05) is 54.3 Å². The predicted octanol–water partition coefficient (Wildman–Crippen LogP) is 6.06. The number of aliphatic hydroxyl groups excluding tert-OH is 3. The van der Waals surface area contributed by atoms with E-state index in [1.807, 2.05) is 51.2 Å². The average Bonchev–Trinajstić information content (AvgIpc) is 3.35. The number of methoxy groups -OCH3 is 3. The Labute approximate surface area is 422 Å². The molecule has 16 nitrogen and oxygen atoms in total. The highest BCUT2D eigenvalue weighted by Gasteiger charge is 2.42. The van der Waals surface area contributed by atoms with Crippen LogP contribution in [0.4, 0.5) is 0 Å². The molecular weight excluding hydrogens is 915 g/mol. The second-order valence-corrected chi connectivity index (χ2v) is 20.4. The van der Waals surface area contributed by atoms with Crippen LogP contribution < -0.4 is 0 Å². The Bertz CT molecular complexity index is 1840. The summed E-state index contributed by atoms with van der Waals surface area (Å²) in [7, 11) is 4.55. The Morgan fingerprint density at radius 3 is 2.18 bits per heavy atom. The van der Waals surface area contributed by atoms with Crippen LogP contribution in [-0.4, -0.2) is 158 Å². The Kier molecular flexibility index (Phi) is 27.5. The van der Waals surface area contributed by atoms with E-state index in [0.29, 0.717) is 57.3 Å². The molecule has 1 saturated carbocycles. The fourth-order valence-corrected chi connectivity index (χ4v) is 10.1. The third kappa shape index (κ3) is 19.6. The van der Waals surface area contributed by atoms with Gasteiger partial charge in [0, 0.05) is 58.5 Å². The molecule has 3 N–H and O–H groups in total. The Morgan fingerprint density at radius 1 is 0.775 bits per heavy atom. The molecule has 0 bridgehead atoms. The first-order chi connectivity index (χ1) is 33.8. The van der Waals surface area contributed by atoms with E-state index in [9.17, 15) is 39.0 Å². The maximum absolute atomic E-state index is 14.3. The Hall–Kier alpha value is -3.74. The molecule has 1 saturated heterocycles. The zero-order chi connectivity index (χ0) is 52.8. The van der Waals surface area contributed by atoms with Crippen LogP contribution in [0.2, 0.25) is 0 Å². The van der Waals surface area contributed by atoms with Crippen molar-refractivity contribution in [3.05, 3.63) is 47.6 Å². The summed E-state index contributed by atoms with van der Waals surface area (Å²) in [6.45, 7) is 13.4. The number of hydrogen-bond donors (Lipinski definition) is 3. The molecule has 0 aromatic rings. The molecule has 0 aromatic carbocycles. The summed E-state index contributed by atoms with van der Waals surface area (Å²) in [6, 6.07) is -1.16. The highest BCUT2D eigenvalue weighted by atomic mass is 16.6. The number of carbonyl (C=O) groups excluding carboxylic acids is 6. The van der Waals surface area contributed by atoms with Crippen LogP contribution in [0.3, 0.4) is 0 Å². The average molecular weight is 1000 g/mol. The number of amides is 1. The number of allylic oxidation sites excluding steroid dienone is 6. The molecule has 0 spiro atoms. The first-order valence-electron chi connectivity index (χ1n) is 25.9. The number of fused-ring (bicyclic) bond motifs is 1. The summed E-state index contributed by atoms with van der Waals surface area (Å²) in [5.41, 5.74) is 1.23. The van der Waals surface area contributed by atoms with Gasteiger partial charge in [-0.15, -0.1) is 0 Å². The minimum Gasteiger partial charge on any atom is -0.460 e. The molecule has 0 aromatic heterocycles. The maximum atomic E-state index is 14.3. The van der Waals surface area contributed by atoms with Crippen molar-refractivity contribution >= 4 is 35.0 Å². The van der Waals surface area contributed by atoms with Crippen molar-refractivity contribution in [3.63, 3.8) is 0 Å². The largest absolute Gasteiger partial charge is 0.460 e. The molecule has 71 heavy (non-hydrogen) atoms. The van der Waals surface area contributed by atoms with Gasteiger partial charge in [-0.1, -0.05) is 71.1 Å². The topological polar surface area (TPSA) is 222 Å². The molecule has 402 valence electrons. The molecule has 1 amide bonds. The predicted molar refractivity (Wildman–Crippen MR) is 268 cm³/mol. The van der Waals surface area contributed by atoms with E-state index >= 15 is 0 Å². The van der Waals surface area contributed by atoms with Gasteiger partial charge in [0.05, 0.1) is 50.8 Å². The second-order valence-electron chi connectivity index (χ2n) is 20.4. The van der Waals surface area contributed by atoms with Crippen molar-refractivity contribution in [2.45, 2.75) is 174 Å². The molecule has 3 rings (SSSR count). The van der Waals surface area contributed by atoms with E-state index in [-0.39, 0.29) is 93.4 Å². The number of ketones is 4. The van der Waals surface area contributed by atoms with Gasteiger partial charge in [-0.25, -0.2) is 4.79 Å². The molecule has 14 atom stereocenters. The quantitative estimate of drug-likeness (QED) is 0.0876. The summed E-state index contributed by atoms with van der Waals surface area (Å²) >= 11 is 0. The number of carbonyl (C=O) groups is 6. The van der Waals surface area contributed by atoms with Crippen LogP contribution in [-0.2, 0) is 57.2 Å². The highest BCUT2D eigenvalue weighted by molar-refractivity contribution is 6.63. The van der Waals surface area contributed by atoms with Gasteiger partial charge in [0.25, 0.3) is 11.7 Å². The lowest BCUT2D eigenvalue weighted by molar-refractivity contribution is -0.166. The Balaban J connectivity index is 1.96. The van der Waals surface area contributed by atoms with Crippen molar-refractivity contribution in [1.82, 2.24) is 4.90 Å². The van der Waals surface area contributed by atoms with Gasteiger partial charge < -0.3 is 48.6 Å². The number of rotatable bonds is 12. The van der Waals surface area contributed by atoms with Crippen LogP contribution in [0.5, 0.6) is 0 Å². The maximum Gasteiger partial charge on any atom is 0.329 e. The summed E-state index contributed by atoms with van der Waals surface area (Å²) in [5.74, 6) is -6.88. The standard InChI is InChI=1S/C55H87NO15/c1-34-16-12-11-13-17-35(2)46(66-8)32-42(58)21-19-36(3)49(60)52(63)54(64)56-23-15-14-18-43(56)55(65)71-47(33-44(59)37(4)29-40(7)51(62)53(68-10)50(61)39(6)28-34)38(5)30-41-20-22-45(48(31-41)67-9)70-27-26-69-25-24-57/h11-13,16-17,29,34,36-39,41-43,45-48,51,53,57-58,62H,14-15,18-28,30-33H2,1-10H3/b13-11+,16-12+,35-17+,40-29+/t34-,36-,37-,38-,39-,41+,42+,43+,45-,46+,47+,48-,51-,53+/m1/s1. The van der Waals surface area contributed by atoms with Gasteiger partial charge in [0.2, 0.25) is 5.78 Å². The van der Waals surface area contributed by atoms with Gasteiger partial charge >= 0.3 is 5.97 Å². The third-order valence-corrected chi connectivity index (χ3v) is 14.6. The molecular formula is C55H87NO15. The number of hydrogen-bond acceptors (Lipinski definition) is 15. The lowest BCUT2D eigenvalue weighted by Gasteiger charge is -2.38. The molecule has 0 unspecified atom stereocenters. The molecule has 2 heterocycles. The van der Waals surface area contributed by atoms with E-state index in [1.165, 1.54) is 7.11 Å². The number of ether oxygens (including phenoxy) is 6. The molecule has 1 aliphatic carbocycles. The van der Waals surface area contributed by atoms with Crippen LogP contribution >= 0.6 is 0 Å². The molecule has 2 fully saturated rings. The summed E-state index contributed by atoms with van der Waals surface area (Å²) in [6.07, 6.45) is 10.8. The normalized spacial score (nSPS) is 35.5. The monoisotopic (exact) mass is 1000 g/mol. The second kappa shape index (κ2) is 31.8. The fraction of sp³-hybridized carbons (Fsp3) is 0.745. The van der Waals surface area contributed by atoms with Crippen molar-refractivity contribution in [1.29, 1.82) is 0 Å². The highest BCUT2D eigenvalue weighted by Crippen LogP contribution is 2.35. The number of esters is 1. The minimum atomic E-state index is -1.34. The van der Waals surface area contributed by atoms with E-state index in [4.69, 9.17) is 33.5 Å². The molecule has 16 heteroatoms. The van der Waals surface area contributed by atoms with E-state index in [2.05, 4.69) is 0 Å². The van der Waals surface area contributed by atoms with Gasteiger partial charge in [0.15, 0.2) is 5.78 Å². The van der Waals surface area contributed by atoms with Gasteiger partial charge in [-0.05, 0) is 107 Å². The minimum absolute atomic E-state index is 0.00612. The zero-order valence-corrected chi connectivity index (χ0v) is 44.3.